The van der Waals surface area contributed by atoms with Crippen molar-refractivity contribution in [3.63, 3.8) is 0 Å². The molecule has 0 aliphatic heterocycles. The van der Waals surface area contributed by atoms with Crippen LogP contribution in [0.3, 0.4) is 0 Å². The average molecular weight is 716 g/mol. The van der Waals surface area contributed by atoms with Gasteiger partial charge in [-0.1, -0.05) is 66.7 Å². The summed E-state index contributed by atoms with van der Waals surface area (Å²) in [5.41, 5.74) is 7.83. The third-order valence-electron chi connectivity index (χ3n) is 9.62. The van der Waals surface area contributed by atoms with Crippen LogP contribution in [0, 0.1) is 13.8 Å². The van der Waals surface area contributed by atoms with Gasteiger partial charge in [-0.25, -0.2) is 4.98 Å². The van der Waals surface area contributed by atoms with Crippen LogP contribution in [0.4, 0.5) is 11.4 Å². The maximum atomic E-state index is 13.6. The van der Waals surface area contributed by atoms with Crippen LogP contribution in [-0.2, 0) is 19.4 Å². The molecule has 0 spiro atoms. The highest BCUT2D eigenvalue weighted by atomic mass is 16.3. The van der Waals surface area contributed by atoms with Crippen LogP contribution in [0.15, 0.2) is 149 Å². The van der Waals surface area contributed by atoms with E-state index in [2.05, 4.69) is 69.0 Å². The minimum Gasteiger partial charge on any atom is -0.451 e. The molecule has 0 saturated carbocycles. The summed E-state index contributed by atoms with van der Waals surface area (Å²) in [5, 5.41) is 6.17. The molecule has 0 aliphatic carbocycles. The lowest BCUT2D eigenvalue weighted by molar-refractivity contribution is 0.0997. The van der Waals surface area contributed by atoms with Crippen molar-refractivity contribution >= 4 is 34.2 Å². The number of imidazole rings is 1. The Hall–Kier alpha value is -6.58. The van der Waals surface area contributed by atoms with E-state index in [-0.39, 0.29) is 17.1 Å². The molecule has 9 heteroatoms. The maximum absolute atomic E-state index is 13.6. The van der Waals surface area contributed by atoms with E-state index >= 15 is 0 Å². The number of aryl methyl sites for hydroxylation is 2. The first-order chi connectivity index (χ1) is 26.3. The Kier molecular flexibility index (Phi) is 10.9. The van der Waals surface area contributed by atoms with Crippen molar-refractivity contribution in [3.8, 4) is 5.69 Å². The van der Waals surface area contributed by atoms with Crippen molar-refractivity contribution in [2.45, 2.75) is 33.2 Å². The molecule has 54 heavy (non-hydrogen) atoms. The zero-order valence-electron chi connectivity index (χ0n) is 30.3. The largest absolute Gasteiger partial charge is 0.451 e. The second-order valence-electron chi connectivity index (χ2n) is 13.5. The van der Waals surface area contributed by atoms with Crippen LogP contribution < -0.4 is 16.1 Å². The van der Waals surface area contributed by atoms with Crippen molar-refractivity contribution in [2.24, 2.45) is 0 Å². The van der Waals surface area contributed by atoms with Gasteiger partial charge in [0.25, 0.3) is 11.8 Å². The summed E-state index contributed by atoms with van der Waals surface area (Å²) >= 11 is 0. The monoisotopic (exact) mass is 715 g/mol. The highest BCUT2D eigenvalue weighted by molar-refractivity contribution is 6.12. The van der Waals surface area contributed by atoms with Gasteiger partial charge in [0, 0.05) is 49.5 Å². The van der Waals surface area contributed by atoms with E-state index < -0.39 is 5.91 Å². The van der Waals surface area contributed by atoms with Crippen LogP contribution in [0.1, 0.15) is 48.7 Å². The van der Waals surface area contributed by atoms with E-state index in [4.69, 9.17) is 4.42 Å². The highest BCUT2D eigenvalue weighted by Gasteiger charge is 2.19. The van der Waals surface area contributed by atoms with Crippen LogP contribution >= 0.6 is 0 Å². The Morgan fingerprint density at radius 3 is 2.11 bits per heavy atom. The molecule has 0 radical (unpaired) electrons. The van der Waals surface area contributed by atoms with Crippen molar-refractivity contribution in [1.82, 2.24) is 14.5 Å². The highest BCUT2D eigenvalue weighted by Crippen LogP contribution is 2.24. The predicted octanol–water partition coefficient (Wildman–Crippen LogP) is 8.39. The lowest BCUT2D eigenvalue weighted by Crippen LogP contribution is -2.28. The smallest absolute Gasteiger partial charge is 0.291 e. The predicted molar refractivity (Wildman–Crippen MR) is 213 cm³/mol. The zero-order valence-corrected chi connectivity index (χ0v) is 30.3. The Morgan fingerprint density at radius 1 is 0.722 bits per heavy atom. The summed E-state index contributed by atoms with van der Waals surface area (Å²) in [6.07, 6.45) is 7.31. The van der Waals surface area contributed by atoms with Crippen LogP contribution in [0.2, 0.25) is 0 Å². The van der Waals surface area contributed by atoms with Gasteiger partial charge in [-0.15, -0.1) is 0 Å². The van der Waals surface area contributed by atoms with Gasteiger partial charge in [-0.3, -0.25) is 19.3 Å². The molecular weight excluding hydrogens is 675 g/mol. The lowest BCUT2D eigenvalue weighted by Gasteiger charge is -2.23. The van der Waals surface area contributed by atoms with Gasteiger partial charge in [0.15, 0.2) is 11.2 Å². The molecule has 0 aliphatic rings. The summed E-state index contributed by atoms with van der Waals surface area (Å²) in [4.78, 5) is 46.2. The van der Waals surface area contributed by atoms with E-state index in [9.17, 15) is 14.4 Å². The number of benzene rings is 5. The van der Waals surface area contributed by atoms with E-state index in [0.717, 1.165) is 54.9 Å². The molecule has 2 amide bonds. The molecule has 270 valence electrons. The number of carbonyl (C=O) groups is 2. The van der Waals surface area contributed by atoms with E-state index in [1.807, 2.05) is 54.9 Å². The maximum Gasteiger partial charge on any atom is 0.291 e. The Bertz CT molecular complexity index is 2440. The number of hydrogen-bond donors (Lipinski definition) is 2. The summed E-state index contributed by atoms with van der Waals surface area (Å²) < 4.78 is 7.73. The molecule has 0 saturated heterocycles. The van der Waals surface area contributed by atoms with Gasteiger partial charge in [-0.2, -0.15) is 0 Å². The molecule has 7 aromatic rings. The standard InChI is InChI=1S/C45H41N5O4/c1-31-26-39(40(27-32(31)2)48-45(53)43-28-41(51)38-10-6-7-11-42(38)54-43)44(52)47-36-16-12-34(13-17-36)21-24-49(23-20-33-8-4-3-5-9-33)29-35-14-18-37(19-15-35)50-25-22-46-30-50/h3-19,22,25-28,30H,20-21,23-24,29H2,1-2H3,(H,47,52)(H,48,53). The van der Waals surface area contributed by atoms with Gasteiger partial charge in [0.2, 0.25) is 0 Å². The molecule has 0 atom stereocenters. The van der Waals surface area contributed by atoms with Crippen molar-refractivity contribution < 1.29 is 14.0 Å². The van der Waals surface area contributed by atoms with Gasteiger partial charge in [0.05, 0.1) is 23.0 Å². The number of fused-ring (bicyclic) bond motifs is 1. The number of amides is 2. The van der Waals surface area contributed by atoms with Gasteiger partial charge < -0.3 is 19.6 Å². The lowest BCUT2D eigenvalue weighted by atomic mass is 10.0. The van der Waals surface area contributed by atoms with Crippen molar-refractivity contribution in [2.75, 3.05) is 23.7 Å². The summed E-state index contributed by atoms with van der Waals surface area (Å²) in [6, 6.07) is 38.5. The number of para-hydroxylation sites is 1. The number of carbonyl (C=O) groups excluding carboxylic acids is 2. The topological polar surface area (TPSA) is 109 Å². The molecule has 0 bridgehead atoms. The van der Waals surface area contributed by atoms with E-state index in [1.165, 1.54) is 17.2 Å². The zero-order chi connectivity index (χ0) is 37.4. The molecule has 0 unspecified atom stereocenters. The van der Waals surface area contributed by atoms with Crippen molar-refractivity contribution in [1.29, 1.82) is 0 Å². The number of hydrogen-bond acceptors (Lipinski definition) is 6. The molecule has 5 aromatic carbocycles. The molecular formula is C45H41N5O4. The average Bonchev–Trinajstić information content (AvgIpc) is 3.74. The summed E-state index contributed by atoms with van der Waals surface area (Å²) in [5.74, 6) is -1.13. The first kappa shape index (κ1) is 35.8. The molecule has 0 fully saturated rings. The second kappa shape index (κ2) is 16.4. The molecule has 2 N–H and O–H groups in total. The molecule has 7 rings (SSSR count). The minimum absolute atomic E-state index is 0.138. The Labute approximate surface area is 313 Å². The third-order valence-corrected chi connectivity index (χ3v) is 9.62. The van der Waals surface area contributed by atoms with Gasteiger partial charge >= 0.3 is 0 Å². The molecule has 2 aromatic heterocycles. The fraction of sp³-hybridized carbons (Fsp3) is 0.156. The number of nitrogens with zero attached hydrogens (tertiary/aromatic N) is 3. The SMILES string of the molecule is Cc1cc(NC(=O)c2cc(=O)c3ccccc3o2)c(C(=O)Nc2ccc(CCN(CCc3ccccc3)Cc3ccc(-n4ccnc4)cc3)cc2)cc1C. The van der Waals surface area contributed by atoms with Gasteiger partial charge in [-0.05, 0) is 103 Å². The van der Waals surface area contributed by atoms with Crippen LogP contribution in [-0.4, -0.2) is 39.4 Å². The Balaban J connectivity index is 1.01. The van der Waals surface area contributed by atoms with E-state index in [0.29, 0.717) is 27.9 Å². The number of rotatable bonds is 13. The van der Waals surface area contributed by atoms with E-state index in [1.54, 1.807) is 48.9 Å². The van der Waals surface area contributed by atoms with Crippen LogP contribution in [0.25, 0.3) is 16.7 Å². The summed E-state index contributed by atoms with van der Waals surface area (Å²) in [7, 11) is 0. The summed E-state index contributed by atoms with van der Waals surface area (Å²) in [6.45, 7) is 6.43. The van der Waals surface area contributed by atoms with Crippen LogP contribution in [0.5, 0.6) is 0 Å². The minimum atomic E-state index is -0.621. The molecule has 2 heterocycles. The fourth-order valence-corrected chi connectivity index (χ4v) is 6.39. The normalized spacial score (nSPS) is 11.2. The number of anilines is 2. The number of nitrogens with one attached hydrogen (secondary N) is 2. The Morgan fingerprint density at radius 2 is 1.39 bits per heavy atom. The third kappa shape index (κ3) is 8.71. The number of aromatic nitrogens is 2. The van der Waals surface area contributed by atoms with Crippen molar-refractivity contribution in [3.05, 3.63) is 189 Å². The second-order valence-corrected chi connectivity index (χ2v) is 13.5. The quantitative estimate of drug-likeness (QED) is 0.124. The molecule has 9 nitrogen and oxygen atoms in total. The fourth-order valence-electron chi connectivity index (χ4n) is 6.39. The first-order valence-corrected chi connectivity index (χ1v) is 18.0. The van der Waals surface area contributed by atoms with Gasteiger partial charge in [0.1, 0.15) is 5.58 Å². The first-order valence-electron chi connectivity index (χ1n) is 18.0.